The molecule has 0 saturated carbocycles. The van der Waals surface area contributed by atoms with Gasteiger partial charge in [-0.3, -0.25) is 4.68 Å². The lowest BCUT2D eigenvalue weighted by atomic mass is 10.2. The quantitative estimate of drug-likeness (QED) is 0.553. The maximum atomic E-state index is 4.75. The van der Waals surface area contributed by atoms with E-state index in [4.69, 9.17) is 4.98 Å². The van der Waals surface area contributed by atoms with Crippen LogP contribution in [0, 0.1) is 6.92 Å². The van der Waals surface area contributed by atoms with Gasteiger partial charge in [0.25, 0.3) is 0 Å². The van der Waals surface area contributed by atoms with Crippen molar-refractivity contribution in [2.24, 2.45) is 7.05 Å². The van der Waals surface area contributed by atoms with Crippen molar-refractivity contribution in [2.45, 2.75) is 13.5 Å². The predicted molar refractivity (Wildman–Crippen MR) is 101 cm³/mol. The van der Waals surface area contributed by atoms with Crippen molar-refractivity contribution in [1.29, 1.82) is 0 Å². The summed E-state index contributed by atoms with van der Waals surface area (Å²) < 4.78 is 1.83. The summed E-state index contributed by atoms with van der Waals surface area (Å²) in [5.74, 6) is 1.78. The van der Waals surface area contributed by atoms with Crippen LogP contribution in [0.5, 0.6) is 0 Å². The fourth-order valence-corrected chi connectivity index (χ4v) is 4.62. The molecule has 0 fully saturated rings. The van der Waals surface area contributed by atoms with Crippen LogP contribution in [0.15, 0.2) is 35.3 Å². The van der Waals surface area contributed by atoms with E-state index in [9.17, 15) is 0 Å². The Bertz CT molecular complexity index is 984. The molecule has 5 nitrogen and oxygen atoms in total. The third kappa shape index (κ3) is 2.70. The Kier molecular flexibility index (Phi) is 3.82. The average molecular weight is 355 g/mol. The first-order valence-corrected chi connectivity index (χ1v) is 9.36. The summed E-state index contributed by atoms with van der Waals surface area (Å²) in [5, 5.41) is 9.68. The van der Waals surface area contributed by atoms with Crippen LogP contribution in [0.1, 0.15) is 11.4 Å². The molecule has 0 aliphatic rings. The van der Waals surface area contributed by atoms with Crippen molar-refractivity contribution in [2.75, 3.05) is 11.9 Å². The smallest absolute Gasteiger partial charge is 0.141 e. The zero-order valence-electron chi connectivity index (χ0n) is 13.7. The molecule has 0 N–H and O–H groups in total. The van der Waals surface area contributed by atoms with Crippen LogP contribution >= 0.6 is 22.7 Å². The number of hydrogen-bond donors (Lipinski definition) is 0. The van der Waals surface area contributed by atoms with E-state index in [0.29, 0.717) is 0 Å². The molecule has 0 amide bonds. The van der Waals surface area contributed by atoms with Crippen LogP contribution < -0.4 is 4.90 Å². The molecule has 122 valence electrons. The number of anilines is 1. The van der Waals surface area contributed by atoms with Crippen molar-refractivity contribution in [1.82, 2.24) is 19.7 Å². The lowest BCUT2D eigenvalue weighted by Gasteiger charge is -2.19. The number of aromatic nitrogens is 4. The summed E-state index contributed by atoms with van der Waals surface area (Å²) in [6.45, 7) is 2.71. The maximum Gasteiger partial charge on any atom is 0.141 e. The number of hydrogen-bond acceptors (Lipinski definition) is 6. The highest BCUT2D eigenvalue weighted by Crippen LogP contribution is 2.39. The molecule has 0 aliphatic carbocycles. The Morgan fingerprint density at radius 1 is 1.25 bits per heavy atom. The average Bonchev–Trinajstić information content (AvgIpc) is 3.26. The number of thiophene rings is 2. The van der Waals surface area contributed by atoms with E-state index in [0.717, 1.165) is 34.0 Å². The van der Waals surface area contributed by atoms with Gasteiger partial charge in [0.05, 0.1) is 11.6 Å². The van der Waals surface area contributed by atoms with Crippen LogP contribution in [0.25, 0.3) is 20.7 Å². The number of aryl methyl sites for hydroxylation is 2. The van der Waals surface area contributed by atoms with Gasteiger partial charge < -0.3 is 4.90 Å². The van der Waals surface area contributed by atoms with Gasteiger partial charge in [-0.05, 0) is 18.4 Å². The second-order valence-corrected chi connectivity index (χ2v) is 7.59. The molecular weight excluding hydrogens is 338 g/mol. The standard InChI is InChI=1S/C17H17N5S2/c1-11-19-16(21(2)8-12-7-18-22(3)9-12)15-13(10-24-17(15)20-11)14-5-4-6-23-14/h4-7,9-10H,8H2,1-3H3. The van der Waals surface area contributed by atoms with Crippen LogP contribution in [0.3, 0.4) is 0 Å². The fourth-order valence-electron chi connectivity index (χ4n) is 2.82. The Balaban J connectivity index is 1.82. The van der Waals surface area contributed by atoms with E-state index in [1.807, 2.05) is 31.0 Å². The highest BCUT2D eigenvalue weighted by Gasteiger charge is 2.18. The first kappa shape index (κ1) is 15.3. The van der Waals surface area contributed by atoms with Crippen molar-refractivity contribution < 1.29 is 0 Å². The molecule has 4 aromatic rings. The largest absolute Gasteiger partial charge is 0.355 e. The van der Waals surface area contributed by atoms with Gasteiger partial charge in [-0.15, -0.1) is 22.7 Å². The Labute approximate surface area is 148 Å². The van der Waals surface area contributed by atoms with E-state index in [1.54, 1.807) is 22.7 Å². The van der Waals surface area contributed by atoms with E-state index in [1.165, 1.54) is 10.4 Å². The molecule has 0 aromatic carbocycles. The number of fused-ring (bicyclic) bond motifs is 1. The SMILES string of the molecule is Cc1nc(N(C)Cc2cnn(C)c2)c2c(-c3cccs3)csc2n1. The molecule has 0 saturated heterocycles. The summed E-state index contributed by atoms with van der Waals surface area (Å²) in [6.07, 6.45) is 3.94. The molecule has 0 aliphatic heterocycles. The Morgan fingerprint density at radius 2 is 2.12 bits per heavy atom. The van der Waals surface area contributed by atoms with Gasteiger partial charge in [0, 0.05) is 48.2 Å². The minimum atomic E-state index is 0.763. The van der Waals surface area contributed by atoms with E-state index in [2.05, 4.69) is 44.9 Å². The van der Waals surface area contributed by atoms with Gasteiger partial charge in [-0.25, -0.2) is 9.97 Å². The molecule has 24 heavy (non-hydrogen) atoms. The van der Waals surface area contributed by atoms with Crippen molar-refractivity contribution in [3.05, 3.63) is 46.7 Å². The zero-order valence-corrected chi connectivity index (χ0v) is 15.4. The van der Waals surface area contributed by atoms with Crippen LogP contribution in [-0.2, 0) is 13.6 Å². The topological polar surface area (TPSA) is 46.8 Å². The van der Waals surface area contributed by atoms with Gasteiger partial charge in [0.15, 0.2) is 0 Å². The molecule has 0 radical (unpaired) electrons. The van der Waals surface area contributed by atoms with Crippen molar-refractivity contribution in [3.8, 4) is 10.4 Å². The molecule has 4 aromatic heterocycles. The molecule has 4 heterocycles. The first-order chi connectivity index (χ1) is 11.6. The van der Waals surface area contributed by atoms with Gasteiger partial charge in [0.2, 0.25) is 0 Å². The summed E-state index contributed by atoms with van der Waals surface area (Å²) >= 11 is 3.43. The molecular formula is C17H17N5S2. The molecule has 7 heteroatoms. The summed E-state index contributed by atoms with van der Waals surface area (Å²) in [7, 11) is 4.01. The van der Waals surface area contributed by atoms with E-state index >= 15 is 0 Å². The van der Waals surface area contributed by atoms with Crippen LogP contribution in [-0.4, -0.2) is 26.8 Å². The molecule has 0 atom stereocenters. The second-order valence-electron chi connectivity index (χ2n) is 5.78. The molecule has 0 spiro atoms. The van der Waals surface area contributed by atoms with Gasteiger partial charge in [-0.1, -0.05) is 6.07 Å². The van der Waals surface area contributed by atoms with Gasteiger partial charge in [0.1, 0.15) is 16.5 Å². The fraction of sp³-hybridized carbons (Fsp3) is 0.235. The minimum Gasteiger partial charge on any atom is -0.355 e. The zero-order chi connectivity index (χ0) is 16.7. The van der Waals surface area contributed by atoms with Crippen molar-refractivity contribution in [3.63, 3.8) is 0 Å². The summed E-state index contributed by atoms with van der Waals surface area (Å²) in [6, 6.07) is 4.23. The second kappa shape index (κ2) is 5.99. The normalized spacial score (nSPS) is 11.3. The number of nitrogens with zero attached hydrogens (tertiary/aromatic N) is 5. The van der Waals surface area contributed by atoms with E-state index in [-0.39, 0.29) is 0 Å². The van der Waals surface area contributed by atoms with Crippen LogP contribution in [0.4, 0.5) is 5.82 Å². The van der Waals surface area contributed by atoms with Gasteiger partial charge >= 0.3 is 0 Å². The lowest BCUT2D eigenvalue weighted by molar-refractivity contribution is 0.766. The highest BCUT2D eigenvalue weighted by atomic mass is 32.1. The monoisotopic (exact) mass is 355 g/mol. The predicted octanol–water partition coefficient (Wildman–Crippen LogP) is 4.10. The minimum absolute atomic E-state index is 0.763. The third-order valence-corrected chi connectivity index (χ3v) is 5.63. The first-order valence-electron chi connectivity index (χ1n) is 7.60. The molecule has 0 bridgehead atoms. The molecule has 0 unspecified atom stereocenters. The van der Waals surface area contributed by atoms with Crippen molar-refractivity contribution >= 4 is 38.7 Å². The van der Waals surface area contributed by atoms with E-state index < -0.39 is 0 Å². The molecule has 4 rings (SSSR count). The van der Waals surface area contributed by atoms with Crippen LogP contribution in [0.2, 0.25) is 0 Å². The highest BCUT2D eigenvalue weighted by molar-refractivity contribution is 7.18. The summed E-state index contributed by atoms with van der Waals surface area (Å²) in [4.78, 5) is 13.8. The lowest BCUT2D eigenvalue weighted by Crippen LogP contribution is -2.18. The number of rotatable bonds is 4. The Morgan fingerprint density at radius 3 is 2.83 bits per heavy atom. The third-order valence-electron chi connectivity index (χ3n) is 3.85. The maximum absolute atomic E-state index is 4.75. The Hall–Kier alpha value is -2.25. The van der Waals surface area contributed by atoms with Gasteiger partial charge in [-0.2, -0.15) is 5.10 Å². The summed E-state index contributed by atoms with van der Waals surface area (Å²) in [5.41, 5.74) is 2.38.